The molecule has 1 saturated heterocycles. The maximum atomic E-state index is 12.9. The van der Waals surface area contributed by atoms with E-state index in [1.165, 1.54) is 5.56 Å². The number of carbonyl (C=O) groups is 1. The number of fused-ring (bicyclic) bond motifs is 1. The molecule has 0 bridgehead atoms. The van der Waals surface area contributed by atoms with Crippen LogP contribution in [0, 0.1) is 11.3 Å². The summed E-state index contributed by atoms with van der Waals surface area (Å²) in [5, 5.41) is 0. The summed E-state index contributed by atoms with van der Waals surface area (Å²) in [5.74, 6) is 0.563. The molecule has 3 unspecified atom stereocenters. The predicted molar refractivity (Wildman–Crippen MR) is 115 cm³/mol. The molecular weight excluding hydrogens is 376 g/mol. The Balaban J connectivity index is 1.37. The summed E-state index contributed by atoms with van der Waals surface area (Å²) < 4.78 is 17.6. The zero-order valence-corrected chi connectivity index (χ0v) is 17.2. The second-order valence-corrected chi connectivity index (χ2v) is 8.77. The molecule has 1 aliphatic heterocycles. The molecule has 0 N–H and O–H groups in total. The fourth-order valence-electron chi connectivity index (χ4n) is 5.38. The number of rotatable bonds is 6. The van der Waals surface area contributed by atoms with Crippen LogP contribution in [0.3, 0.4) is 0 Å². The summed E-state index contributed by atoms with van der Waals surface area (Å²) in [5.41, 5.74) is 2.25. The zero-order valence-electron chi connectivity index (χ0n) is 17.2. The molecule has 4 nitrogen and oxygen atoms in total. The van der Waals surface area contributed by atoms with Gasteiger partial charge in [0.1, 0.15) is 5.75 Å². The fourth-order valence-corrected chi connectivity index (χ4v) is 5.38. The first-order valence-corrected chi connectivity index (χ1v) is 10.5. The van der Waals surface area contributed by atoms with Crippen LogP contribution in [0.5, 0.6) is 5.75 Å². The third-order valence-electron chi connectivity index (χ3n) is 7.08. The average molecular weight is 402 g/mol. The van der Waals surface area contributed by atoms with Crippen LogP contribution in [0.15, 0.2) is 73.3 Å². The smallest absolute Gasteiger partial charge is 0.339 e. The van der Waals surface area contributed by atoms with Crippen LogP contribution < -0.4 is 4.74 Å². The molecular formula is C26H26O4. The Morgan fingerprint density at radius 1 is 1.10 bits per heavy atom. The van der Waals surface area contributed by atoms with Gasteiger partial charge in [-0.15, -0.1) is 0 Å². The monoisotopic (exact) mass is 402 g/mol. The van der Waals surface area contributed by atoms with E-state index in [1.54, 1.807) is 18.2 Å². The molecule has 0 aromatic heterocycles. The molecule has 3 atom stereocenters. The quantitative estimate of drug-likeness (QED) is 0.376. The molecule has 30 heavy (non-hydrogen) atoms. The van der Waals surface area contributed by atoms with Crippen molar-refractivity contribution >= 4 is 12.0 Å². The summed E-state index contributed by atoms with van der Waals surface area (Å²) in [6, 6.07) is 17.7. The van der Waals surface area contributed by atoms with Gasteiger partial charge in [-0.1, -0.05) is 61.7 Å². The van der Waals surface area contributed by atoms with Crippen LogP contribution in [-0.4, -0.2) is 18.5 Å². The second kappa shape index (κ2) is 6.93. The summed E-state index contributed by atoms with van der Waals surface area (Å²) >= 11 is 0. The van der Waals surface area contributed by atoms with Gasteiger partial charge >= 0.3 is 5.97 Å². The van der Waals surface area contributed by atoms with Gasteiger partial charge in [0.15, 0.2) is 12.6 Å². The molecule has 2 aromatic rings. The van der Waals surface area contributed by atoms with Crippen molar-refractivity contribution in [3.8, 4) is 5.75 Å². The van der Waals surface area contributed by atoms with Gasteiger partial charge in [0.2, 0.25) is 0 Å². The first kappa shape index (κ1) is 19.3. The highest BCUT2D eigenvalue weighted by atomic mass is 16.9. The van der Waals surface area contributed by atoms with Crippen molar-refractivity contribution in [1.82, 2.24) is 0 Å². The van der Waals surface area contributed by atoms with Gasteiger partial charge in [0.05, 0.1) is 0 Å². The minimum absolute atomic E-state index is 0.185. The number of hydrogen-bond acceptors (Lipinski definition) is 4. The maximum Gasteiger partial charge on any atom is 0.339 e. The summed E-state index contributed by atoms with van der Waals surface area (Å²) in [7, 11) is 0. The van der Waals surface area contributed by atoms with E-state index in [9.17, 15) is 4.79 Å². The Bertz CT molecular complexity index is 989. The second-order valence-electron chi connectivity index (χ2n) is 8.77. The van der Waals surface area contributed by atoms with Crippen molar-refractivity contribution in [1.29, 1.82) is 0 Å². The van der Waals surface area contributed by atoms with Crippen LogP contribution in [0.2, 0.25) is 0 Å². The number of esters is 1. The molecule has 0 amide bonds. The van der Waals surface area contributed by atoms with Crippen molar-refractivity contribution < 1.29 is 19.0 Å². The van der Waals surface area contributed by atoms with E-state index in [0.29, 0.717) is 17.2 Å². The predicted octanol–water partition coefficient (Wildman–Crippen LogP) is 5.25. The Morgan fingerprint density at radius 2 is 1.80 bits per heavy atom. The molecule has 1 heterocycles. The molecule has 0 spiro atoms. The van der Waals surface area contributed by atoms with Crippen LogP contribution >= 0.6 is 0 Å². The van der Waals surface area contributed by atoms with Crippen molar-refractivity contribution in [2.45, 2.75) is 44.2 Å². The van der Waals surface area contributed by atoms with Crippen LogP contribution in [0.4, 0.5) is 0 Å². The van der Waals surface area contributed by atoms with Gasteiger partial charge in [-0.25, -0.2) is 4.79 Å². The van der Waals surface area contributed by atoms with Gasteiger partial charge in [0.25, 0.3) is 0 Å². The van der Waals surface area contributed by atoms with E-state index in [1.807, 2.05) is 37.3 Å². The molecule has 3 aliphatic rings. The Morgan fingerprint density at radius 3 is 2.43 bits per heavy atom. The topological polar surface area (TPSA) is 44.8 Å². The molecule has 0 radical (unpaired) electrons. The maximum absolute atomic E-state index is 12.9. The van der Waals surface area contributed by atoms with E-state index in [-0.39, 0.29) is 29.4 Å². The molecule has 4 heteroatoms. The van der Waals surface area contributed by atoms with Crippen molar-refractivity contribution in [3.05, 3.63) is 84.5 Å². The SMILES string of the molecule is C=Cc1ccc(OC(=O)C(=C)C23CC2CC(c2ccccc2)(C2OC(C)O2)C3)cc1. The molecule has 154 valence electrons. The highest BCUT2D eigenvalue weighted by Crippen LogP contribution is 2.74. The summed E-state index contributed by atoms with van der Waals surface area (Å²) in [4.78, 5) is 12.9. The highest BCUT2D eigenvalue weighted by Gasteiger charge is 2.71. The Kier molecular flexibility index (Phi) is 4.46. The zero-order chi connectivity index (χ0) is 20.9. The largest absolute Gasteiger partial charge is 0.423 e. The Labute approximate surface area is 177 Å². The lowest BCUT2D eigenvalue weighted by molar-refractivity contribution is -0.398. The number of carbonyl (C=O) groups excluding carboxylic acids is 1. The van der Waals surface area contributed by atoms with E-state index in [4.69, 9.17) is 14.2 Å². The van der Waals surface area contributed by atoms with E-state index < -0.39 is 0 Å². The van der Waals surface area contributed by atoms with Crippen LogP contribution in [0.1, 0.15) is 37.3 Å². The molecule has 2 aromatic carbocycles. The fraction of sp³-hybridized carbons (Fsp3) is 0.346. The van der Waals surface area contributed by atoms with Gasteiger partial charge in [0, 0.05) is 16.4 Å². The highest BCUT2D eigenvalue weighted by molar-refractivity contribution is 5.92. The number of benzene rings is 2. The lowest BCUT2D eigenvalue weighted by Crippen LogP contribution is -2.53. The number of ether oxygens (including phenoxy) is 3. The standard InChI is InChI=1S/C26H26O4/c1-4-19-10-12-22(13-11-19)30-23(27)17(2)25-14-21(25)15-26(16-25,24-28-18(3)29-24)20-8-6-5-7-9-20/h4-13,18,21,24H,1-2,14-16H2,3H3. The summed E-state index contributed by atoms with van der Waals surface area (Å²) in [6.45, 7) is 9.84. The minimum atomic E-state index is -0.350. The van der Waals surface area contributed by atoms with E-state index in [2.05, 4.69) is 25.3 Å². The van der Waals surface area contributed by atoms with Crippen LogP contribution in [-0.2, 0) is 19.7 Å². The van der Waals surface area contributed by atoms with Crippen molar-refractivity contribution in [3.63, 3.8) is 0 Å². The van der Waals surface area contributed by atoms with Gasteiger partial charge in [-0.05, 0) is 55.4 Å². The molecule has 2 aliphatic carbocycles. The van der Waals surface area contributed by atoms with Crippen molar-refractivity contribution in [2.24, 2.45) is 11.3 Å². The average Bonchev–Trinajstić information content (AvgIpc) is 3.33. The first-order chi connectivity index (χ1) is 14.5. The third-order valence-corrected chi connectivity index (χ3v) is 7.08. The Hall–Kier alpha value is -2.69. The van der Waals surface area contributed by atoms with Gasteiger partial charge < -0.3 is 14.2 Å². The van der Waals surface area contributed by atoms with Crippen LogP contribution in [0.25, 0.3) is 6.08 Å². The lowest BCUT2D eigenvalue weighted by Gasteiger charge is -2.47. The normalized spacial score (nSPS) is 33.8. The molecule has 2 saturated carbocycles. The van der Waals surface area contributed by atoms with Gasteiger partial charge in [-0.3, -0.25) is 0 Å². The first-order valence-electron chi connectivity index (χ1n) is 10.5. The van der Waals surface area contributed by atoms with Crippen molar-refractivity contribution in [2.75, 3.05) is 0 Å². The minimum Gasteiger partial charge on any atom is -0.423 e. The summed E-state index contributed by atoms with van der Waals surface area (Å²) in [6.07, 6.45) is 3.97. The molecule has 3 fully saturated rings. The van der Waals surface area contributed by atoms with E-state index >= 15 is 0 Å². The lowest BCUT2D eigenvalue weighted by atomic mass is 9.72. The van der Waals surface area contributed by atoms with E-state index in [0.717, 1.165) is 24.8 Å². The van der Waals surface area contributed by atoms with Gasteiger partial charge in [-0.2, -0.15) is 0 Å². The third kappa shape index (κ3) is 2.94. The number of hydrogen-bond donors (Lipinski definition) is 0. The molecule has 5 rings (SSSR count).